The number of carbonyl (C=O) groups excluding carboxylic acids is 1. The average molecular weight is 351 g/mol. The largest absolute Gasteiger partial charge is 0.464 e. The number of nitriles is 1. The lowest BCUT2D eigenvalue weighted by molar-refractivity contribution is -0.115. The molecule has 1 aliphatic carbocycles. The van der Waals surface area contributed by atoms with Crippen LogP contribution in [-0.4, -0.2) is 5.91 Å². The van der Waals surface area contributed by atoms with Gasteiger partial charge in [-0.15, -0.1) is 0 Å². The van der Waals surface area contributed by atoms with Gasteiger partial charge in [0.15, 0.2) is 0 Å². The number of hydrogen-bond donors (Lipinski definition) is 1. The van der Waals surface area contributed by atoms with Crippen molar-refractivity contribution >= 4 is 34.2 Å². The number of anilines is 1. The summed E-state index contributed by atoms with van der Waals surface area (Å²) in [6, 6.07) is 11.1. The van der Waals surface area contributed by atoms with Crippen LogP contribution in [-0.2, 0) is 24.1 Å². The van der Waals surface area contributed by atoms with E-state index in [1.165, 1.54) is 17.5 Å². The Labute approximate surface area is 150 Å². The molecular formula is C20H15ClN2O2. The van der Waals surface area contributed by atoms with Gasteiger partial charge < -0.3 is 9.73 Å². The monoisotopic (exact) mass is 350 g/mol. The third-order valence-corrected chi connectivity index (χ3v) is 4.91. The maximum absolute atomic E-state index is 12.4. The fourth-order valence-corrected chi connectivity index (χ4v) is 3.57. The van der Waals surface area contributed by atoms with E-state index in [-0.39, 0.29) is 12.3 Å². The van der Waals surface area contributed by atoms with Crippen LogP contribution < -0.4 is 5.32 Å². The zero-order valence-corrected chi connectivity index (χ0v) is 14.2. The Morgan fingerprint density at radius 2 is 2.04 bits per heavy atom. The number of amides is 1. The standard InChI is InChI=1S/C20H15ClN2O2/c21-18-9-16(5-4-14(18)10-22)23-20(24)8-15-11-25-19-7-13-3-1-2-12(13)6-17(15)19/h4-7,9,11H,1-3,8H2,(H,23,24). The highest BCUT2D eigenvalue weighted by Gasteiger charge is 2.17. The van der Waals surface area contributed by atoms with Crippen LogP contribution >= 0.6 is 11.6 Å². The first-order valence-corrected chi connectivity index (χ1v) is 8.53. The Morgan fingerprint density at radius 1 is 1.24 bits per heavy atom. The summed E-state index contributed by atoms with van der Waals surface area (Å²) in [5, 5.41) is 13.0. The number of carbonyl (C=O) groups is 1. The molecule has 0 saturated carbocycles. The molecule has 2 aromatic carbocycles. The third-order valence-electron chi connectivity index (χ3n) is 4.59. The third kappa shape index (κ3) is 2.99. The van der Waals surface area contributed by atoms with Gasteiger partial charge >= 0.3 is 0 Å². The number of nitrogens with zero attached hydrogens (tertiary/aromatic N) is 1. The quantitative estimate of drug-likeness (QED) is 0.749. The molecule has 0 fully saturated rings. The summed E-state index contributed by atoms with van der Waals surface area (Å²) in [4.78, 5) is 12.4. The smallest absolute Gasteiger partial charge is 0.228 e. The lowest BCUT2D eigenvalue weighted by atomic mass is 10.0. The van der Waals surface area contributed by atoms with Crippen LogP contribution in [0.3, 0.4) is 0 Å². The van der Waals surface area contributed by atoms with Gasteiger partial charge in [0.25, 0.3) is 0 Å². The number of benzene rings is 2. The van der Waals surface area contributed by atoms with Crippen LogP contribution in [0.2, 0.25) is 5.02 Å². The fourth-order valence-electron chi connectivity index (χ4n) is 3.35. The zero-order valence-electron chi connectivity index (χ0n) is 13.4. The summed E-state index contributed by atoms with van der Waals surface area (Å²) in [5.74, 6) is -0.149. The van der Waals surface area contributed by atoms with Crippen LogP contribution in [0.1, 0.15) is 28.7 Å². The van der Waals surface area contributed by atoms with Gasteiger partial charge in [-0.2, -0.15) is 5.26 Å². The van der Waals surface area contributed by atoms with Crippen molar-refractivity contribution in [2.24, 2.45) is 0 Å². The van der Waals surface area contributed by atoms with E-state index < -0.39 is 0 Å². The van der Waals surface area contributed by atoms with Gasteiger partial charge in [0.2, 0.25) is 5.91 Å². The van der Waals surface area contributed by atoms with E-state index in [0.29, 0.717) is 16.3 Å². The molecule has 4 rings (SSSR count). The molecule has 3 aromatic rings. The SMILES string of the molecule is N#Cc1ccc(NC(=O)Cc2coc3cc4c(cc23)CCC4)cc1Cl. The van der Waals surface area contributed by atoms with Crippen molar-refractivity contribution in [1.82, 2.24) is 0 Å². The van der Waals surface area contributed by atoms with Gasteiger partial charge in [0, 0.05) is 16.6 Å². The molecule has 5 heteroatoms. The van der Waals surface area contributed by atoms with Crippen LogP contribution in [0.5, 0.6) is 0 Å². The van der Waals surface area contributed by atoms with Gasteiger partial charge in [-0.25, -0.2) is 0 Å². The van der Waals surface area contributed by atoms with E-state index in [4.69, 9.17) is 21.3 Å². The number of furan rings is 1. The highest BCUT2D eigenvalue weighted by molar-refractivity contribution is 6.32. The van der Waals surface area contributed by atoms with Gasteiger partial charge in [-0.3, -0.25) is 4.79 Å². The molecular weight excluding hydrogens is 336 g/mol. The number of rotatable bonds is 3. The Hall–Kier alpha value is -2.77. The molecule has 4 nitrogen and oxygen atoms in total. The highest BCUT2D eigenvalue weighted by atomic mass is 35.5. The maximum Gasteiger partial charge on any atom is 0.228 e. The van der Waals surface area contributed by atoms with Crippen LogP contribution in [0, 0.1) is 11.3 Å². The average Bonchev–Trinajstić information content (AvgIpc) is 3.20. The van der Waals surface area contributed by atoms with Gasteiger partial charge in [-0.05, 0) is 60.7 Å². The molecule has 0 bridgehead atoms. The van der Waals surface area contributed by atoms with Crippen molar-refractivity contribution in [2.75, 3.05) is 5.32 Å². The van der Waals surface area contributed by atoms with E-state index in [2.05, 4.69) is 17.4 Å². The van der Waals surface area contributed by atoms with Crippen molar-refractivity contribution in [3.8, 4) is 6.07 Å². The second-order valence-corrected chi connectivity index (χ2v) is 6.67. The van der Waals surface area contributed by atoms with Gasteiger partial charge in [-0.1, -0.05) is 11.6 Å². The Balaban J connectivity index is 1.54. The van der Waals surface area contributed by atoms with Crippen molar-refractivity contribution in [1.29, 1.82) is 5.26 Å². The highest BCUT2D eigenvalue weighted by Crippen LogP contribution is 2.30. The Kier molecular flexibility index (Phi) is 3.95. The Morgan fingerprint density at radius 3 is 2.80 bits per heavy atom. The van der Waals surface area contributed by atoms with Gasteiger partial charge in [0.1, 0.15) is 11.7 Å². The lowest BCUT2D eigenvalue weighted by Gasteiger charge is -2.06. The van der Waals surface area contributed by atoms with Crippen molar-refractivity contribution in [3.63, 3.8) is 0 Å². The summed E-state index contributed by atoms with van der Waals surface area (Å²) in [5.41, 5.74) is 5.38. The molecule has 1 heterocycles. The molecule has 1 amide bonds. The molecule has 25 heavy (non-hydrogen) atoms. The van der Waals surface area contributed by atoms with Crippen LogP contribution in [0.25, 0.3) is 11.0 Å². The van der Waals surface area contributed by atoms with Gasteiger partial charge in [0.05, 0.1) is 23.3 Å². The minimum Gasteiger partial charge on any atom is -0.464 e. The predicted octanol–water partition coefficient (Wildman–Crippen LogP) is 4.63. The first kappa shape index (κ1) is 15.7. The second kappa shape index (κ2) is 6.27. The maximum atomic E-state index is 12.4. The zero-order chi connectivity index (χ0) is 17.4. The molecule has 0 aliphatic heterocycles. The van der Waals surface area contributed by atoms with E-state index >= 15 is 0 Å². The van der Waals surface area contributed by atoms with Crippen LogP contribution in [0.4, 0.5) is 5.69 Å². The number of fused-ring (bicyclic) bond motifs is 2. The van der Waals surface area contributed by atoms with E-state index in [1.807, 2.05) is 6.07 Å². The summed E-state index contributed by atoms with van der Waals surface area (Å²) < 4.78 is 5.64. The first-order chi connectivity index (χ1) is 12.1. The summed E-state index contributed by atoms with van der Waals surface area (Å²) in [7, 11) is 0. The first-order valence-electron chi connectivity index (χ1n) is 8.15. The summed E-state index contributed by atoms with van der Waals surface area (Å²) in [6.07, 6.45) is 5.25. The fraction of sp³-hybridized carbons (Fsp3) is 0.200. The lowest BCUT2D eigenvalue weighted by Crippen LogP contribution is -2.14. The van der Waals surface area contributed by atoms with Crippen molar-refractivity contribution < 1.29 is 9.21 Å². The minimum atomic E-state index is -0.149. The Bertz CT molecular complexity index is 1030. The van der Waals surface area contributed by atoms with Crippen molar-refractivity contribution in [3.05, 3.63) is 63.9 Å². The van der Waals surface area contributed by atoms with E-state index in [1.54, 1.807) is 24.5 Å². The second-order valence-electron chi connectivity index (χ2n) is 6.26. The molecule has 0 radical (unpaired) electrons. The molecule has 0 saturated heterocycles. The summed E-state index contributed by atoms with van der Waals surface area (Å²) in [6.45, 7) is 0. The molecule has 1 N–H and O–H groups in total. The molecule has 124 valence electrons. The summed E-state index contributed by atoms with van der Waals surface area (Å²) >= 11 is 6.00. The number of nitrogens with one attached hydrogen (secondary N) is 1. The van der Waals surface area contributed by atoms with Crippen molar-refractivity contribution in [2.45, 2.75) is 25.7 Å². The minimum absolute atomic E-state index is 0.149. The number of hydrogen-bond acceptors (Lipinski definition) is 3. The van der Waals surface area contributed by atoms with Crippen LogP contribution in [0.15, 0.2) is 41.0 Å². The normalized spacial score (nSPS) is 12.8. The molecule has 0 unspecified atom stereocenters. The van der Waals surface area contributed by atoms with E-state index in [0.717, 1.165) is 29.4 Å². The topological polar surface area (TPSA) is 66.0 Å². The molecule has 0 spiro atoms. The number of aryl methyl sites for hydroxylation is 2. The molecule has 1 aromatic heterocycles. The molecule has 1 aliphatic rings. The predicted molar refractivity (Wildman–Crippen MR) is 96.7 cm³/mol. The number of halogens is 1. The van der Waals surface area contributed by atoms with E-state index in [9.17, 15) is 4.79 Å². The molecule has 0 atom stereocenters.